The Morgan fingerprint density at radius 3 is 2.41 bits per heavy atom. The number of amides is 3. The third-order valence-corrected chi connectivity index (χ3v) is 5.46. The van der Waals surface area contributed by atoms with Gasteiger partial charge in [-0.2, -0.15) is 0 Å². The lowest BCUT2D eigenvalue weighted by atomic mass is 10.1. The van der Waals surface area contributed by atoms with Crippen LogP contribution in [0, 0.1) is 0 Å². The minimum atomic E-state index is -0.751. The summed E-state index contributed by atoms with van der Waals surface area (Å²) < 4.78 is 1.50. The molecule has 3 rings (SSSR count). The van der Waals surface area contributed by atoms with Gasteiger partial charge >= 0.3 is 11.7 Å². The first kappa shape index (κ1) is 20.4. The SMILES string of the molecule is CNC(=O)NC(=O)[C@H](Sc1n[nH]c(=O)n1CCc1ccccc1)c1ccccc1. The number of carbonyl (C=O) groups excluding carboxylic acids is 2. The number of nitrogens with one attached hydrogen (secondary N) is 3. The van der Waals surface area contributed by atoms with Crippen molar-refractivity contribution in [3.63, 3.8) is 0 Å². The van der Waals surface area contributed by atoms with Gasteiger partial charge < -0.3 is 5.32 Å². The van der Waals surface area contributed by atoms with E-state index in [1.807, 2.05) is 48.5 Å². The number of H-pyrrole nitrogens is 1. The molecule has 0 fully saturated rings. The predicted octanol–water partition coefficient (Wildman–Crippen LogP) is 2.10. The van der Waals surface area contributed by atoms with Crippen LogP contribution in [0.1, 0.15) is 16.4 Å². The maximum Gasteiger partial charge on any atom is 0.343 e. The van der Waals surface area contributed by atoms with Gasteiger partial charge in [0, 0.05) is 13.6 Å². The third kappa shape index (κ3) is 5.35. The topological polar surface area (TPSA) is 109 Å². The van der Waals surface area contributed by atoms with Gasteiger partial charge in [-0.1, -0.05) is 72.4 Å². The standard InChI is InChI=1S/C20H21N5O3S/c1-21-18(27)22-17(26)16(15-10-6-3-7-11-15)29-20-24-23-19(28)25(20)13-12-14-8-4-2-5-9-14/h2-11,16H,12-13H2,1H3,(H,23,28)(H2,21,22,26,27)/t16-/m1/s1. The summed E-state index contributed by atoms with van der Waals surface area (Å²) in [5, 5.41) is 10.8. The molecule has 8 nitrogen and oxygen atoms in total. The van der Waals surface area contributed by atoms with E-state index in [2.05, 4.69) is 20.8 Å². The van der Waals surface area contributed by atoms with Gasteiger partial charge in [0.2, 0.25) is 5.91 Å². The quantitative estimate of drug-likeness (QED) is 0.516. The van der Waals surface area contributed by atoms with Crippen LogP contribution < -0.4 is 16.3 Å². The lowest BCUT2D eigenvalue weighted by Crippen LogP contribution is -2.39. The van der Waals surface area contributed by atoms with E-state index in [0.29, 0.717) is 23.7 Å². The van der Waals surface area contributed by atoms with Gasteiger partial charge in [-0.05, 0) is 17.5 Å². The van der Waals surface area contributed by atoms with Crippen LogP contribution in [0.2, 0.25) is 0 Å². The number of imide groups is 1. The molecule has 2 aromatic carbocycles. The van der Waals surface area contributed by atoms with Gasteiger partial charge in [0.05, 0.1) is 0 Å². The maximum atomic E-state index is 12.7. The molecule has 9 heteroatoms. The van der Waals surface area contributed by atoms with Crippen molar-refractivity contribution in [3.05, 3.63) is 82.3 Å². The first-order chi connectivity index (χ1) is 14.1. The summed E-state index contributed by atoms with van der Waals surface area (Å²) in [6.45, 7) is 0.417. The van der Waals surface area contributed by atoms with Crippen LogP contribution in [0.3, 0.4) is 0 Å². The van der Waals surface area contributed by atoms with E-state index >= 15 is 0 Å². The Bertz CT molecular complexity index is 1020. The molecule has 0 unspecified atom stereocenters. The molecule has 0 radical (unpaired) electrons. The number of carbonyl (C=O) groups is 2. The minimum Gasteiger partial charge on any atom is -0.341 e. The molecule has 29 heavy (non-hydrogen) atoms. The summed E-state index contributed by atoms with van der Waals surface area (Å²) in [6, 6.07) is 18.2. The molecule has 0 saturated heterocycles. The number of benzene rings is 2. The van der Waals surface area contributed by atoms with Crippen molar-refractivity contribution < 1.29 is 9.59 Å². The maximum absolute atomic E-state index is 12.7. The molecular weight excluding hydrogens is 390 g/mol. The van der Waals surface area contributed by atoms with E-state index in [9.17, 15) is 14.4 Å². The molecule has 1 atom stereocenters. The number of aromatic amines is 1. The highest BCUT2D eigenvalue weighted by Crippen LogP contribution is 2.33. The van der Waals surface area contributed by atoms with Crippen molar-refractivity contribution in [2.75, 3.05) is 7.05 Å². The van der Waals surface area contributed by atoms with Gasteiger partial charge in [-0.15, -0.1) is 5.10 Å². The first-order valence-corrected chi connectivity index (χ1v) is 9.89. The summed E-state index contributed by atoms with van der Waals surface area (Å²) in [5.74, 6) is -0.495. The highest BCUT2D eigenvalue weighted by atomic mass is 32.2. The van der Waals surface area contributed by atoms with Crippen LogP contribution in [0.4, 0.5) is 4.79 Å². The lowest BCUT2D eigenvalue weighted by Gasteiger charge is -2.16. The second-order valence-corrected chi connectivity index (χ2v) is 7.25. The molecule has 3 N–H and O–H groups in total. The molecule has 0 aliphatic heterocycles. The fraction of sp³-hybridized carbons (Fsp3) is 0.200. The molecule has 0 aliphatic rings. The van der Waals surface area contributed by atoms with Crippen molar-refractivity contribution in [3.8, 4) is 0 Å². The predicted molar refractivity (Wildman–Crippen MR) is 111 cm³/mol. The average Bonchev–Trinajstić information content (AvgIpc) is 3.10. The smallest absolute Gasteiger partial charge is 0.341 e. The number of thioether (sulfide) groups is 1. The molecule has 150 valence electrons. The van der Waals surface area contributed by atoms with Gasteiger partial charge in [0.25, 0.3) is 0 Å². The molecule has 0 bridgehead atoms. The van der Waals surface area contributed by atoms with E-state index in [0.717, 1.165) is 17.3 Å². The monoisotopic (exact) mass is 411 g/mol. The van der Waals surface area contributed by atoms with Gasteiger partial charge in [-0.25, -0.2) is 14.7 Å². The Morgan fingerprint density at radius 2 is 1.76 bits per heavy atom. The summed E-state index contributed by atoms with van der Waals surface area (Å²) in [6.07, 6.45) is 0.647. The summed E-state index contributed by atoms with van der Waals surface area (Å²) >= 11 is 1.11. The zero-order chi connectivity index (χ0) is 20.6. The Balaban J connectivity index is 1.83. The summed E-state index contributed by atoms with van der Waals surface area (Å²) in [4.78, 5) is 36.5. The second-order valence-electron chi connectivity index (χ2n) is 6.18. The largest absolute Gasteiger partial charge is 0.343 e. The first-order valence-electron chi connectivity index (χ1n) is 9.02. The van der Waals surface area contributed by atoms with Crippen molar-refractivity contribution in [1.29, 1.82) is 0 Å². The Hall–Kier alpha value is -3.33. The van der Waals surface area contributed by atoms with E-state index in [4.69, 9.17) is 0 Å². The minimum absolute atomic E-state index is 0.345. The van der Waals surface area contributed by atoms with Crippen molar-refractivity contribution in [1.82, 2.24) is 25.4 Å². The molecular formula is C20H21N5O3S. The molecule has 0 aliphatic carbocycles. The second kappa shape index (κ2) is 9.74. The van der Waals surface area contributed by atoms with Gasteiger partial charge in [0.1, 0.15) is 5.25 Å². The highest BCUT2D eigenvalue weighted by molar-refractivity contribution is 8.00. The van der Waals surface area contributed by atoms with Crippen molar-refractivity contribution in [2.24, 2.45) is 0 Å². The van der Waals surface area contributed by atoms with E-state index < -0.39 is 17.2 Å². The van der Waals surface area contributed by atoms with Crippen LogP contribution in [0.5, 0.6) is 0 Å². The fourth-order valence-electron chi connectivity index (χ4n) is 2.72. The van der Waals surface area contributed by atoms with E-state index in [1.165, 1.54) is 11.6 Å². The normalized spacial score (nSPS) is 11.6. The third-order valence-electron chi connectivity index (χ3n) is 4.22. The van der Waals surface area contributed by atoms with Crippen LogP contribution >= 0.6 is 11.8 Å². The Morgan fingerprint density at radius 1 is 1.10 bits per heavy atom. The molecule has 3 aromatic rings. The highest BCUT2D eigenvalue weighted by Gasteiger charge is 2.26. The van der Waals surface area contributed by atoms with E-state index in [-0.39, 0.29) is 5.69 Å². The number of urea groups is 1. The fourth-order valence-corrected chi connectivity index (χ4v) is 3.79. The molecule has 0 spiro atoms. The molecule has 1 heterocycles. The number of hydrogen-bond acceptors (Lipinski definition) is 5. The van der Waals surface area contributed by atoms with Gasteiger partial charge in [-0.3, -0.25) is 14.7 Å². The Kier molecular flexibility index (Phi) is 6.85. The van der Waals surface area contributed by atoms with Crippen molar-refractivity contribution in [2.45, 2.75) is 23.4 Å². The number of nitrogens with zero attached hydrogens (tertiary/aromatic N) is 2. The molecule has 3 amide bonds. The van der Waals surface area contributed by atoms with Crippen LogP contribution in [0.25, 0.3) is 0 Å². The van der Waals surface area contributed by atoms with Crippen LogP contribution in [-0.2, 0) is 17.8 Å². The lowest BCUT2D eigenvalue weighted by molar-refractivity contribution is -0.119. The van der Waals surface area contributed by atoms with E-state index in [1.54, 1.807) is 12.1 Å². The number of aromatic nitrogens is 3. The van der Waals surface area contributed by atoms with Crippen LogP contribution in [0.15, 0.2) is 70.6 Å². The zero-order valence-electron chi connectivity index (χ0n) is 15.8. The Labute approximate surface area is 171 Å². The number of rotatable bonds is 7. The van der Waals surface area contributed by atoms with Crippen molar-refractivity contribution >= 4 is 23.7 Å². The molecule has 0 saturated carbocycles. The average molecular weight is 411 g/mol. The summed E-state index contributed by atoms with van der Waals surface area (Å²) in [7, 11) is 1.43. The summed E-state index contributed by atoms with van der Waals surface area (Å²) in [5.41, 5.74) is 1.44. The van der Waals surface area contributed by atoms with Gasteiger partial charge in [0.15, 0.2) is 5.16 Å². The number of hydrogen-bond donors (Lipinski definition) is 3. The number of aryl methyl sites for hydroxylation is 1. The zero-order valence-corrected chi connectivity index (χ0v) is 16.6. The van der Waals surface area contributed by atoms with Crippen LogP contribution in [-0.4, -0.2) is 33.8 Å². The molecule has 1 aromatic heterocycles.